The topological polar surface area (TPSA) is 253 Å². The molecule has 4 rings (SSSR count). The first kappa shape index (κ1) is 28.9. The molecule has 16 nitrogen and oxygen atoms in total. The Bertz CT molecular complexity index is 1460. The van der Waals surface area contributed by atoms with Gasteiger partial charge >= 0.3 is 17.1 Å². The van der Waals surface area contributed by atoms with E-state index in [0.29, 0.717) is 16.5 Å². The predicted molar refractivity (Wildman–Crippen MR) is 146 cm³/mol. The highest BCUT2D eigenvalue weighted by Crippen LogP contribution is 2.41. The molecule has 2 amide bonds. The van der Waals surface area contributed by atoms with Crippen molar-refractivity contribution in [2.75, 3.05) is 28.7 Å². The Balaban J connectivity index is 1.52. The molecular formula is C21H24N9O7S3+. The summed E-state index contributed by atoms with van der Waals surface area (Å²) in [4.78, 5) is 63.7. The first-order valence-electron chi connectivity index (χ1n) is 11.3. The number of carbonyl (C=O) groups excluding carboxylic acids is 2. The van der Waals surface area contributed by atoms with E-state index in [0.717, 1.165) is 16.2 Å². The number of carboxylic acids is 2. The summed E-state index contributed by atoms with van der Waals surface area (Å²) in [5, 5.41) is 26.5. The van der Waals surface area contributed by atoms with Crippen LogP contribution in [0.5, 0.6) is 0 Å². The van der Waals surface area contributed by atoms with E-state index in [1.165, 1.54) is 41.9 Å². The molecule has 9 N–H and O–H groups in total. The van der Waals surface area contributed by atoms with Gasteiger partial charge in [-0.1, -0.05) is 10.1 Å². The average molecular weight is 611 g/mol. The number of oxime groups is 1. The molecule has 1 fully saturated rings. The lowest BCUT2D eigenvalue weighted by atomic mass is 10.0. The molecule has 0 saturated carbocycles. The first-order chi connectivity index (χ1) is 18.9. The lowest BCUT2D eigenvalue weighted by Crippen LogP contribution is -2.71. The highest BCUT2D eigenvalue weighted by Gasteiger charge is 2.54. The number of carbonyl (C=O) groups is 4. The minimum atomic E-state index is -1.37. The van der Waals surface area contributed by atoms with Crippen molar-refractivity contribution in [1.82, 2.24) is 20.2 Å². The maximum atomic E-state index is 13.1. The summed E-state index contributed by atoms with van der Waals surface area (Å²) in [6, 6.07) is 0.422. The largest absolute Gasteiger partial charge is 0.478 e. The molecule has 3 atom stereocenters. The lowest BCUT2D eigenvalue weighted by Gasteiger charge is -2.49. The Morgan fingerprint density at radius 3 is 2.67 bits per heavy atom. The van der Waals surface area contributed by atoms with Gasteiger partial charge in [0.2, 0.25) is 17.7 Å². The van der Waals surface area contributed by atoms with Crippen LogP contribution in [0.2, 0.25) is 0 Å². The highest BCUT2D eigenvalue weighted by atomic mass is 32.2. The van der Waals surface area contributed by atoms with Gasteiger partial charge in [-0.05, 0) is 24.3 Å². The third-order valence-electron chi connectivity index (χ3n) is 5.74. The summed E-state index contributed by atoms with van der Waals surface area (Å²) in [7, 11) is 1.69. The number of nitrogens with two attached hydrogens (primary N) is 3. The van der Waals surface area contributed by atoms with E-state index in [9.17, 15) is 24.3 Å². The number of hydrogen-bond donors (Lipinski definition) is 6. The summed E-state index contributed by atoms with van der Waals surface area (Å²) >= 11 is 3.51. The number of nitrogens with one attached hydrogen (secondary N) is 1. The number of thiazole rings is 1. The van der Waals surface area contributed by atoms with Crippen LogP contribution in [0.3, 0.4) is 0 Å². The molecule has 40 heavy (non-hydrogen) atoms. The van der Waals surface area contributed by atoms with Gasteiger partial charge in [0, 0.05) is 16.9 Å². The minimum absolute atomic E-state index is 0.0203. The normalized spacial score (nSPS) is 19.5. The van der Waals surface area contributed by atoms with Gasteiger partial charge in [-0.2, -0.15) is 0 Å². The van der Waals surface area contributed by atoms with Gasteiger partial charge in [0.1, 0.15) is 22.8 Å². The van der Waals surface area contributed by atoms with E-state index in [-0.39, 0.29) is 39.6 Å². The highest BCUT2D eigenvalue weighted by molar-refractivity contribution is 8.01. The van der Waals surface area contributed by atoms with Crippen LogP contribution in [0.15, 0.2) is 33.0 Å². The summed E-state index contributed by atoms with van der Waals surface area (Å²) in [5.74, 6) is -3.06. The predicted octanol–water partition coefficient (Wildman–Crippen LogP) is -1.17. The minimum Gasteiger partial charge on any atom is -0.478 e. The number of rotatable bonds is 10. The third-order valence-corrected chi connectivity index (χ3v) is 8.87. The smallest absolute Gasteiger partial charge is 0.352 e. The number of thioether (sulfide) groups is 2. The van der Waals surface area contributed by atoms with Gasteiger partial charge < -0.3 is 37.6 Å². The van der Waals surface area contributed by atoms with Crippen molar-refractivity contribution in [3.05, 3.63) is 28.4 Å². The average Bonchev–Trinajstić information content (AvgIpc) is 3.33. The number of aliphatic carboxylic acids is 2. The van der Waals surface area contributed by atoms with Crippen molar-refractivity contribution in [2.45, 2.75) is 29.6 Å². The monoisotopic (exact) mass is 610 g/mol. The summed E-state index contributed by atoms with van der Waals surface area (Å²) in [6.07, 6.45) is -1.37. The van der Waals surface area contributed by atoms with E-state index in [1.807, 2.05) is 0 Å². The molecule has 2 aliphatic rings. The molecule has 0 aromatic carbocycles. The second-order valence-corrected chi connectivity index (χ2v) is 11.4. The molecule has 2 aromatic heterocycles. The summed E-state index contributed by atoms with van der Waals surface area (Å²) in [6.45, 7) is 1.22. The molecule has 2 aromatic rings. The van der Waals surface area contributed by atoms with Crippen LogP contribution in [0.4, 0.5) is 16.8 Å². The van der Waals surface area contributed by atoms with Gasteiger partial charge in [-0.15, -0.1) is 23.1 Å². The molecule has 2 unspecified atom stereocenters. The van der Waals surface area contributed by atoms with Crippen molar-refractivity contribution in [3.63, 3.8) is 0 Å². The Morgan fingerprint density at radius 2 is 2.05 bits per heavy atom. The molecule has 0 aliphatic carbocycles. The maximum absolute atomic E-state index is 13.1. The van der Waals surface area contributed by atoms with Crippen molar-refractivity contribution >= 4 is 81.1 Å². The number of carboxylic acid groups (broad SMARTS) is 2. The fraction of sp³-hybridized carbons (Fsp3) is 0.333. The Morgan fingerprint density at radius 1 is 1.32 bits per heavy atom. The Hall–Kier alpha value is -4.10. The van der Waals surface area contributed by atoms with Gasteiger partial charge in [-0.25, -0.2) is 19.1 Å². The number of nitrogen functional groups attached to an aromatic ring is 3. The zero-order chi connectivity index (χ0) is 29.3. The van der Waals surface area contributed by atoms with Gasteiger partial charge in [0.05, 0.1) is 13.1 Å². The molecule has 0 spiro atoms. The van der Waals surface area contributed by atoms with E-state index in [1.54, 1.807) is 11.6 Å². The number of aromatic nitrogens is 3. The van der Waals surface area contributed by atoms with Crippen LogP contribution in [0, 0.1) is 0 Å². The van der Waals surface area contributed by atoms with E-state index in [2.05, 4.69) is 20.4 Å². The number of β-lactam (4-membered cyclic amide) rings is 1. The fourth-order valence-corrected chi connectivity index (χ4v) is 6.67. The first-order valence-corrected chi connectivity index (χ1v) is 14.2. The lowest BCUT2D eigenvalue weighted by molar-refractivity contribution is -0.698. The van der Waals surface area contributed by atoms with Crippen LogP contribution in [0.1, 0.15) is 12.6 Å². The standard InChI is InChI=1S/C21H23N9O7S3/c1-7(18(33)34)37-28-12(9-6-39-20(24)25-9)15(31)27-13-16(32)30-14(19(35)36)8(4-38-17(13)30)5-40-21-26-10(22)3-11(23)29(21)2/h3,6-7,13,17H,4-5H2,1-2H3,(H8,22,23,24,25,27,31,33,34,35,36)/p+1/b28-12-/t7-,13?,17?/m1/s1. The zero-order valence-corrected chi connectivity index (χ0v) is 23.4. The molecule has 212 valence electrons. The number of anilines is 3. The van der Waals surface area contributed by atoms with Crippen molar-refractivity contribution in [2.24, 2.45) is 12.2 Å². The van der Waals surface area contributed by atoms with Crippen LogP contribution in [0.25, 0.3) is 0 Å². The molecule has 2 aliphatic heterocycles. The number of amides is 2. The molecule has 19 heteroatoms. The molecule has 4 heterocycles. The van der Waals surface area contributed by atoms with Gasteiger partial charge in [0.25, 0.3) is 11.8 Å². The van der Waals surface area contributed by atoms with E-state index < -0.39 is 41.3 Å². The number of fused-ring (bicyclic) bond motifs is 1. The second kappa shape index (κ2) is 11.6. The molecule has 0 bridgehead atoms. The Kier molecular flexibility index (Phi) is 8.35. The van der Waals surface area contributed by atoms with Crippen LogP contribution >= 0.6 is 34.9 Å². The Labute approximate surface area is 238 Å². The second-order valence-electron chi connectivity index (χ2n) is 8.45. The van der Waals surface area contributed by atoms with Crippen LogP contribution in [-0.4, -0.2) is 83.6 Å². The number of hydrogen-bond acceptors (Lipinski definition) is 14. The summed E-state index contributed by atoms with van der Waals surface area (Å²) in [5.41, 5.74) is 17.3. The fourth-order valence-electron chi connectivity index (χ4n) is 3.64. The molecule has 1 saturated heterocycles. The SMILES string of the molecule is C[C@@H](O/N=C(\C(=O)NC1C(=O)N2C(C(=O)O)=C(CSc3nc(N)cc(N)[n+]3C)CSC12)c1csc(N)n1)C(=O)O. The van der Waals surface area contributed by atoms with Crippen LogP contribution in [-0.2, 0) is 31.1 Å². The molecular weight excluding hydrogens is 586 g/mol. The van der Waals surface area contributed by atoms with Crippen molar-refractivity contribution in [3.8, 4) is 0 Å². The van der Waals surface area contributed by atoms with E-state index in [4.69, 9.17) is 27.1 Å². The van der Waals surface area contributed by atoms with Gasteiger partial charge in [-0.3, -0.25) is 14.5 Å². The number of nitrogens with zero attached hydrogens (tertiary/aromatic N) is 5. The zero-order valence-electron chi connectivity index (χ0n) is 20.9. The summed E-state index contributed by atoms with van der Waals surface area (Å²) < 4.78 is 1.61. The quantitative estimate of drug-likeness (QED) is 0.0463. The third kappa shape index (κ3) is 5.75. The van der Waals surface area contributed by atoms with Crippen molar-refractivity contribution in [1.29, 1.82) is 0 Å². The molecule has 0 radical (unpaired) electrons. The maximum Gasteiger partial charge on any atom is 0.352 e. The van der Waals surface area contributed by atoms with Gasteiger partial charge in [0.15, 0.2) is 10.8 Å². The van der Waals surface area contributed by atoms with Crippen molar-refractivity contribution < 1.29 is 38.8 Å². The van der Waals surface area contributed by atoms with E-state index >= 15 is 0 Å². The van der Waals surface area contributed by atoms with Crippen LogP contribution < -0.4 is 27.1 Å².